The first-order valence-corrected chi connectivity index (χ1v) is 6.13. The molecule has 0 amide bonds. The van der Waals surface area contributed by atoms with E-state index in [0.717, 1.165) is 26.1 Å². The Hall–Kier alpha value is -1.56. The lowest BCUT2D eigenvalue weighted by atomic mass is 9.93. The molecule has 100 valence electrons. The predicted octanol–water partition coefficient (Wildman–Crippen LogP) is 1.24. The Morgan fingerprint density at radius 2 is 2.28 bits per heavy atom. The zero-order valence-corrected chi connectivity index (χ0v) is 10.8. The quantitative estimate of drug-likeness (QED) is 0.820. The van der Waals surface area contributed by atoms with E-state index in [1.807, 2.05) is 4.57 Å². The number of anilines is 1. The van der Waals surface area contributed by atoms with E-state index in [2.05, 4.69) is 16.6 Å². The van der Waals surface area contributed by atoms with Gasteiger partial charge in [0.25, 0.3) is 0 Å². The number of aromatic nitrogens is 2. The Morgan fingerprint density at radius 1 is 1.61 bits per heavy atom. The summed E-state index contributed by atoms with van der Waals surface area (Å²) in [5, 5.41) is 0. The maximum atomic E-state index is 11.4. The molecular formula is C12H19N3O3. The van der Waals surface area contributed by atoms with Crippen molar-refractivity contribution in [2.24, 2.45) is 5.92 Å². The second-order valence-electron chi connectivity index (χ2n) is 4.57. The van der Waals surface area contributed by atoms with Crippen molar-refractivity contribution in [3.63, 3.8) is 0 Å². The van der Waals surface area contributed by atoms with Gasteiger partial charge in [-0.25, -0.2) is 9.78 Å². The van der Waals surface area contributed by atoms with Crippen molar-refractivity contribution in [2.45, 2.75) is 25.8 Å². The smallest absolute Gasteiger partial charge is 0.360 e. The highest BCUT2D eigenvalue weighted by Gasteiger charge is 2.25. The van der Waals surface area contributed by atoms with Gasteiger partial charge in [0, 0.05) is 19.3 Å². The molecule has 6 nitrogen and oxygen atoms in total. The maximum Gasteiger partial charge on any atom is 0.360 e. The van der Waals surface area contributed by atoms with Crippen molar-refractivity contribution in [2.75, 3.05) is 26.1 Å². The van der Waals surface area contributed by atoms with Crippen LogP contribution in [0.5, 0.6) is 0 Å². The summed E-state index contributed by atoms with van der Waals surface area (Å²) in [5.74, 6) is 0.381. The molecule has 0 saturated carbocycles. The van der Waals surface area contributed by atoms with E-state index < -0.39 is 5.97 Å². The first kappa shape index (κ1) is 12.9. The number of methoxy groups -OCH3 is 1. The van der Waals surface area contributed by atoms with Crippen molar-refractivity contribution in [3.05, 3.63) is 12.0 Å². The lowest BCUT2D eigenvalue weighted by molar-refractivity contribution is 0.0515. The van der Waals surface area contributed by atoms with Crippen LogP contribution < -0.4 is 5.73 Å². The standard InChI is InChI=1S/C12H19N3O3/c1-8(9-3-5-18-6-4-9)15-7-14-10(11(15)13)12(16)17-2/h7-9H,3-6,13H2,1-2H3. The second kappa shape index (κ2) is 5.39. The highest BCUT2D eigenvalue weighted by molar-refractivity contribution is 5.92. The minimum atomic E-state index is -0.495. The van der Waals surface area contributed by atoms with Gasteiger partial charge in [0.2, 0.25) is 0 Å². The molecule has 1 aromatic heterocycles. The third kappa shape index (κ3) is 2.33. The number of imidazole rings is 1. The van der Waals surface area contributed by atoms with E-state index in [9.17, 15) is 4.79 Å². The van der Waals surface area contributed by atoms with Gasteiger partial charge in [-0.2, -0.15) is 0 Å². The highest BCUT2D eigenvalue weighted by atomic mass is 16.5. The molecule has 1 aliphatic heterocycles. The van der Waals surface area contributed by atoms with Crippen LogP contribution in [0.2, 0.25) is 0 Å². The third-order valence-corrected chi connectivity index (χ3v) is 3.60. The Balaban J connectivity index is 2.17. The molecule has 1 saturated heterocycles. The van der Waals surface area contributed by atoms with Crippen LogP contribution in [-0.2, 0) is 9.47 Å². The van der Waals surface area contributed by atoms with E-state index in [1.54, 1.807) is 6.33 Å². The first-order chi connectivity index (χ1) is 8.65. The molecule has 0 bridgehead atoms. The number of hydrogen-bond donors (Lipinski definition) is 1. The van der Waals surface area contributed by atoms with Crippen LogP contribution in [0.4, 0.5) is 5.82 Å². The Bertz CT molecular complexity index is 424. The summed E-state index contributed by atoms with van der Waals surface area (Å²) in [6.45, 7) is 3.66. The Kier molecular flexibility index (Phi) is 3.86. The minimum absolute atomic E-state index is 0.191. The number of hydrogen-bond acceptors (Lipinski definition) is 5. The molecular weight excluding hydrogens is 234 g/mol. The average molecular weight is 253 g/mol. The molecule has 2 N–H and O–H groups in total. The molecule has 1 unspecified atom stereocenters. The van der Waals surface area contributed by atoms with Gasteiger partial charge in [0.1, 0.15) is 5.82 Å². The van der Waals surface area contributed by atoms with Crippen LogP contribution in [0.3, 0.4) is 0 Å². The Labute approximate surface area is 106 Å². The van der Waals surface area contributed by atoms with Crippen LogP contribution in [0.25, 0.3) is 0 Å². The van der Waals surface area contributed by atoms with Crippen molar-refractivity contribution in [1.82, 2.24) is 9.55 Å². The normalized spacial score (nSPS) is 18.6. The van der Waals surface area contributed by atoms with E-state index in [4.69, 9.17) is 10.5 Å². The molecule has 2 heterocycles. The van der Waals surface area contributed by atoms with E-state index in [-0.39, 0.29) is 11.7 Å². The fourth-order valence-corrected chi connectivity index (χ4v) is 2.37. The number of esters is 1. The fraction of sp³-hybridized carbons (Fsp3) is 0.667. The van der Waals surface area contributed by atoms with Crippen molar-refractivity contribution >= 4 is 11.8 Å². The molecule has 0 spiro atoms. The number of nitrogen functional groups attached to an aromatic ring is 1. The van der Waals surface area contributed by atoms with Crippen LogP contribution in [0.15, 0.2) is 6.33 Å². The monoisotopic (exact) mass is 253 g/mol. The third-order valence-electron chi connectivity index (χ3n) is 3.60. The molecule has 1 fully saturated rings. The summed E-state index contributed by atoms with van der Waals surface area (Å²) in [7, 11) is 1.32. The average Bonchev–Trinajstić information content (AvgIpc) is 2.80. The topological polar surface area (TPSA) is 79.4 Å². The number of nitrogens with zero attached hydrogens (tertiary/aromatic N) is 2. The van der Waals surface area contributed by atoms with Crippen molar-refractivity contribution in [3.8, 4) is 0 Å². The maximum absolute atomic E-state index is 11.4. The number of rotatable bonds is 3. The molecule has 2 rings (SSSR count). The van der Waals surface area contributed by atoms with Gasteiger partial charge in [-0.1, -0.05) is 0 Å². The highest BCUT2D eigenvalue weighted by Crippen LogP contribution is 2.30. The Morgan fingerprint density at radius 3 is 2.89 bits per heavy atom. The van der Waals surface area contributed by atoms with Gasteiger partial charge >= 0.3 is 5.97 Å². The minimum Gasteiger partial charge on any atom is -0.464 e. The van der Waals surface area contributed by atoms with Gasteiger partial charge in [-0.05, 0) is 25.7 Å². The number of nitrogens with two attached hydrogens (primary N) is 1. The number of ether oxygens (including phenoxy) is 2. The second-order valence-corrected chi connectivity index (χ2v) is 4.57. The summed E-state index contributed by atoms with van der Waals surface area (Å²) < 4.78 is 11.8. The fourth-order valence-electron chi connectivity index (χ4n) is 2.37. The summed E-state index contributed by atoms with van der Waals surface area (Å²) in [4.78, 5) is 15.5. The lowest BCUT2D eigenvalue weighted by Crippen LogP contribution is -2.24. The first-order valence-electron chi connectivity index (χ1n) is 6.13. The molecule has 1 atom stereocenters. The predicted molar refractivity (Wildman–Crippen MR) is 66.2 cm³/mol. The molecule has 0 aromatic carbocycles. The number of carbonyl (C=O) groups excluding carboxylic acids is 1. The summed E-state index contributed by atoms with van der Waals surface area (Å²) in [6.07, 6.45) is 3.63. The van der Waals surface area contributed by atoms with E-state index in [1.165, 1.54) is 7.11 Å². The van der Waals surface area contributed by atoms with Crippen LogP contribution >= 0.6 is 0 Å². The van der Waals surface area contributed by atoms with Gasteiger partial charge < -0.3 is 19.8 Å². The van der Waals surface area contributed by atoms with E-state index >= 15 is 0 Å². The van der Waals surface area contributed by atoms with Gasteiger partial charge in [0.05, 0.1) is 13.4 Å². The summed E-state index contributed by atoms with van der Waals surface area (Å²) in [5.41, 5.74) is 6.15. The molecule has 18 heavy (non-hydrogen) atoms. The number of carbonyl (C=O) groups is 1. The zero-order chi connectivity index (χ0) is 13.1. The van der Waals surface area contributed by atoms with Gasteiger partial charge in [-0.15, -0.1) is 0 Å². The van der Waals surface area contributed by atoms with Crippen LogP contribution in [-0.4, -0.2) is 35.8 Å². The zero-order valence-electron chi connectivity index (χ0n) is 10.8. The van der Waals surface area contributed by atoms with Crippen molar-refractivity contribution in [1.29, 1.82) is 0 Å². The largest absolute Gasteiger partial charge is 0.464 e. The lowest BCUT2D eigenvalue weighted by Gasteiger charge is -2.29. The molecule has 6 heteroatoms. The van der Waals surface area contributed by atoms with Crippen LogP contribution in [0, 0.1) is 5.92 Å². The molecule has 1 aliphatic rings. The summed E-state index contributed by atoms with van der Waals surface area (Å²) >= 11 is 0. The molecule has 0 radical (unpaired) electrons. The SMILES string of the molecule is COC(=O)c1ncn(C(C)C2CCOCC2)c1N. The van der Waals surface area contributed by atoms with Gasteiger partial charge in [-0.3, -0.25) is 0 Å². The van der Waals surface area contributed by atoms with Crippen molar-refractivity contribution < 1.29 is 14.3 Å². The molecule has 1 aromatic rings. The van der Waals surface area contributed by atoms with Gasteiger partial charge in [0.15, 0.2) is 5.69 Å². The summed E-state index contributed by atoms with van der Waals surface area (Å²) in [6, 6.07) is 0.208. The molecule has 0 aliphatic carbocycles. The van der Waals surface area contributed by atoms with E-state index in [0.29, 0.717) is 11.7 Å². The van der Waals surface area contributed by atoms with Crippen LogP contribution in [0.1, 0.15) is 36.3 Å².